The molecule has 1 spiro atoms. The lowest BCUT2D eigenvalue weighted by molar-refractivity contribution is -0.147. The van der Waals surface area contributed by atoms with Gasteiger partial charge in [-0.15, -0.1) is 0 Å². The molecular weight excluding hydrogens is 324 g/mol. The van der Waals surface area contributed by atoms with E-state index in [-0.39, 0.29) is 6.54 Å². The number of aliphatic imine (C=N–C) groups is 2. The van der Waals surface area contributed by atoms with E-state index in [1.165, 1.54) is 4.90 Å². The largest absolute Gasteiger partial charge is 0.481 e. The summed E-state index contributed by atoms with van der Waals surface area (Å²) in [4.78, 5) is 35.5. The van der Waals surface area contributed by atoms with Gasteiger partial charge in [-0.1, -0.05) is 6.08 Å². The number of hydrogen-bond donors (Lipinski definition) is 1. The number of carboxylic acids is 1. The average Bonchev–Trinajstić information content (AvgIpc) is 2.86. The van der Waals surface area contributed by atoms with Crippen molar-refractivity contribution in [3.05, 3.63) is 12.3 Å². The number of hydrogen-bond acceptors (Lipinski definition) is 4. The van der Waals surface area contributed by atoms with E-state index in [1.54, 1.807) is 33.0 Å². The average molecular weight is 350 g/mol. The molecule has 1 N–H and O–H groups in total. The Kier molecular flexibility index (Phi) is 5.20. The van der Waals surface area contributed by atoms with E-state index in [1.807, 2.05) is 11.8 Å². The van der Waals surface area contributed by atoms with Gasteiger partial charge in [0.15, 0.2) is 0 Å². The van der Waals surface area contributed by atoms with Crippen LogP contribution in [0.4, 0.5) is 4.79 Å². The van der Waals surface area contributed by atoms with Gasteiger partial charge in [-0.3, -0.25) is 4.79 Å². The van der Waals surface area contributed by atoms with E-state index in [4.69, 9.17) is 4.74 Å². The summed E-state index contributed by atoms with van der Waals surface area (Å²) >= 11 is 0. The number of nitrogens with zero attached hydrogens (tertiary/aromatic N) is 4. The minimum atomic E-state index is -0.899. The molecule has 8 nitrogen and oxygen atoms in total. The molecule has 0 radical (unpaired) electrons. The summed E-state index contributed by atoms with van der Waals surface area (Å²) in [5.41, 5.74) is -1.12. The topological polar surface area (TPSA) is 94.8 Å². The molecule has 0 aromatic rings. The number of amides is 1. The van der Waals surface area contributed by atoms with Crippen molar-refractivity contribution in [1.82, 2.24) is 9.80 Å². The molecule has 25 heavy (non-hydrogen) atoms. The Morgan fingerprint density at radius 3 is 2.36 bits per heavy atom. The van der Waals surface area contributed by atoms with Gasteiger partial charge in [0.2, 0.25) is 5.96 Å². The summed E-state index contributed by atoms with van der Waals surface area (Å²) in [7, 11) is 0. The Balaban J connectivity index is 2.11. The fourth-order valence-electron chi connectivity index (χ4n) is 3.31. The molecule has 138 valence electrons. The number of aliphatic carboxylic acids is 1. The van der Waals surface area contributed by atoms with Gasteiger partial charge in [-0.05, 0) is 34.4 Å². The van der Waals surface area contributed by atoms with Gasteiger partial charge in [-0.25, -0.2) is 14.8 Å². The van der Waals surface area contributed by atoms with Crippen LogP contribution in [0.25, 0.3) is 0 Å². The van der Waals surface area contributed by atoms with Gasteiger partial charge in [0.05, 0.1) is 5.92 Å². The van der Waals surface area contributed by atoms with Gasteiger partial charge >= 0.3 is 12.1 Å². The van der Waals surface area contributed by atoms with Gasteiger partial charge in [0.1, 0.15) is 5.60 Å². The van der Waals surface area contributed by atoms with E-state index < -0.39 is 29.0 Å². The molecule has 2 fully saturated rings. The zero-order valence-electron chi connectivity index (χ0n) is 15.2. The van der Waals surface area contributed by atoms with Crippen molar-refractivity contribution in [3.63, 3.8) is 0 Å². The highest BCUT2D eigenvalue weighted by Gasteiger charge is 2.59. The fraction of sp³-hybridized carbons (Fsp3) is 0.647. The zero-order chi connectivity index (χ0) is 18.8. The molecule has 0 aliphatic carbocycles. The molecule has 2 rings (SSSR count). The molecule has 1 atom stereocenters. The molecule has 0 aromatic heterocycles. The fourth-order valence-corrected chi connectivity index (χ4v) is 3.31. The zero-order valence-corrected chi connectivity index (χ0v) is 15.2. The quantitative estimate of drug-likeness (QED) is 0.605. The van der Waals surface area contributed by atoms with Crippen molar-refractivity contribution < 1.29 is 19.4 Å². The molecular formula is C17H26N4O4. The number of guanidine groups is 1. The minimum Gasteiger partial charge on any atom is -0.481 e. The molecule has 0 aromatic carbocycles. The lowest BCUT2D eigenvalue weighted by atomic mass is 9.71. The predicted octanol–water partition coefficient (Wildman–Crippen LogP) is 1.83. The molecule has 0 bridgehead atoms. The smallest absolute Gasteiger partial charge is 0.410 e. The van der Waals surface area contributed by atoms with Crippen LogP contribution in [0.15, 0.2) is 22.3 Å². The first kappa shape index (κ1) is 19.0. The Bertz CT molecular complexity index is 615. The van der Waals surface area contributed by atoms with Gasteiger partial charge in [0.25, 0.3) is 0 Å². The SMILES string of the molecule is C=NC(=N/C=C\C)N1CC2(CN(C(=O)OC(C)(C)C)CC2C(=O)O)C1. The first-order valence-corrected chi connectivity index (χ1v) is 8.23. The number of rotatable bonds is 2. The number of ether oxygens (including phenoxy) is 1. The van der Waals surface area contributed by atoms with Gasteiger partial charge in [-0.2, -0.15) is 0 Å². The van der Waals surface area contributed by atoms with Crippen molar-refractivity contribution in [2.24, 2.45) is 21.3 Å². The Morgan fingerprint density at radius 1 is 1.28 bits per heavy atom. The molecule has 2 heterocycles. The van der Waals surface area contributed by atoms with Crippen LogP contribution in [0.5, 0.6) is 0 Å². The monoisotopic (exact) mass is 350 g/mol. The van der Waals surface area contributed by atoms with Crippen molar-refractivity contribution in [2.75, 3.05) is 26.2 Å². The van der Waals surface area contributed by atoms with E-state index in [2.05, 4.69) is 16.7 Å². The molecule has 8 heteroatoms. The van der Waals surface area contributed by atoms with Crippen LogP contribution < -0.4 is 0 Å². The Morgan fingerprint density at radius 2 is 1.88 bits per heavy atom. The number of carbonyl (C=O) groups is 2. The highest BCUT2D eigenvalue weighted by atomic mass is 16.6. The number of allylic oxidation sites excluding steroid dienone is 1. The molecule has 0 saturated carbocycles. The summed E-state index contributed by atoms with van der Waals surface area (Å²) in [6.07, 6.45) is 2.92. The van der Waals surface area contributed by atoms with Crippen LogP contribution in [0, 0.1) is 11.3 Å². The van der Waals surface area contributed by atoms with E-state index >= 15 is 0 Å². The maximum atomic E-state index is 12.3. The first-order valence-electron chi connectivity index (χ1n) is 8.23. The van der Waals surface area contributed by atoms with Gasteiger partial charge in [0, 0.05) is 37.8 Å². The molecule has 2 aliphatic heterocycles. The molecule has 2 aliphatic rings. The third-order valence-corrected chi connectivity index (χ3v) is 4.37. The number of carboxylic acid groups (broad SMARTS) is 1. The Hall–Kier alpha value is -2.38. The Labute approximate surface area is 147 Å². The molecule has 1 amide bonds. The second-order valence-electron chi connectivity index (χ2n) is 7.54. The second kappa shape index (κ2) is 6.85. The lowest BCUT2D eigenvalue weighted by Gasteiger charge is -2.50. The summed E-state index contributed by atoms with van der Waals surface area (Å²) in [6.45, 7) is 12.2. The van der Waals surface area contributed by atoms with Crippen LogP contribution in [-0.4, -0.2) is 71.4 Å². The standard InChI is InChI=1S/C17H26N4O4/c1-6-7-19-14(18-5)21-10-17(11-21)9-20(8-12(17)13(22)23)15(24)25-16(2,3)4/h6-7,12H,5,8-11H2,1-4H3,(H,22,23)/b7-6-,19-14?. The highest BCUT2D eigenvalue weighted by Crippen LogP contribution is 2.44. The van der Waals surface area contributed by atoms with E-state index in [0.29, 0.717) is 25.6 Å². The molecule has 2 saturated heterocycles. The van der Waals surface area contributed by atoms with Crippen LogP contribution in [0.2, 0.25) is 0 Å². The third kappa shape index (κ3) is 4.00. The van der Waals surface area contributed by atoms with Crippen molar-refractivity contribution in [1.29, 1.82) is 0 Å². The van der Waals surface area contributed by atoms with Crippen molar-refractivity contribution in [3.8, 4) is 0 Å². The lowest BCUT2D eigenvalue weighted by Crippen LogP contribution is -2.63. The predicted molar refractivity (Wildman–Crippen MR) is 94.7 cm³/mol. The van der Waals surface area contributed by atoms with Crippen LogP contribution in [0.1, 0.15) is 27.7 Å². The third-order valence-electron chi connectivity index (χ3n) is 4.37. The number of likely N-dealkylation sites (tertiary alicyclic amines) is 2. The van der Waals surface area contributed by atoms with Crippen molar-refractivity contribution in [2.45, 2.75) is 33.3 Å². The van der Waals surface area contributed by atoms with Gasteiger partial charge < -0.3 is 19.6 Å². The van der Waals surface area contributed by atoms with Crippen molar-refractivity contribution >= 4 is 24.7 Å². The maximum absolute atomic E-state index is 12.3. The maximum Gasteiger partial charge on any atom is 0.410 e. The number of carbonyl (C=O) groups excluding carboxylic acids is 1. The minimum absolute atomic E-state index is 0.154. The van der Waals surface area contributed by atoms with Crippen LogP contribution in [-0.2, 0) is 9.53 Å². The summed E-state index contributed by atoms with van der Waals surface area (Å²) < 4.78 is 5.38. The van der Waals surface area contributed by atoms with Crippen LogP contribution >= 0.6 is 0 Å². The normalized spacial score (nSPS) is 23.0. The highest BCUT2D eigenvalue weighted by molar-refractivity contribution is 5.86. The second-order valence-corrected chi connectivity index (χ2v) is 7.54. The first-order chi connectivity index (χ1) is 11.6. The molecule has 1 unspecified atom stereocenters. The summed E-state index contributed by atoms with van der Waals surface area (Å²) in [6, 6.07) is 0. The van der Waals surface area contributed by atoms with Crippen LogP contribution in [0.3, 0.4) is 0 Å². The summed E-state index contributed by atoms with van der Waals surface area (Å²) in [5, 5.41) is 9.59. The van der Waals surface area contributed by atoms with E-state index in [9.17, 15) is 14.7 Å². The van der Waals surface area contributed by atoms with E-state index in [0.717, 1.165) is 0 Å². The summed E-state index contributed by atoms with van der Waals surface area (Å²) in [5.74, 6) is -1.07.